The molecule has 3 rings (SSSR count). The highest BCUT2D eigenvalue weighted by Crippen LogP contribution is 2.25. The van der Waals surface area contributed by atoms with Crippen molar-refractivity contribution in [2.45, 2.75) is 19.4 Å². The SMILES string of the molecule is CC[C@@H](N)c1ccccc1-n1cnc2ccccc21. The smallest absolute Gasteiger partial charge is 0.100 e. The highest BCUT2D eigenvalue weighted by Gasteiger charge is 2.12. The van der Waals surface area contributed by atoms with E-state index in [1.165, 1.54) is 0 Å². The van der Waals surface area contributed by atoms with Crippen molar-refractivity contribution in [2.24, 2.45) is 5.73 Å². The molecule has 96 valence electrons. The molecule has 0 bridgehead atoms. The van der Waals surface area contributed by atoms with E-state index in [9.17, 15) is 0 Å². The molecule has 0 radical (unpaired) electrons. The molecular weight excluding hydrogens is 234 g/mol. The second kappa shape index (κ2) is 4.86. The van der Waals surface area contributed by atoms with Gasteiger partial charge in [0, 0.05) is 6.04 Å². The van der Waals surface area contributed by atoms with Gasteiger partial charge in [-0.2, -0.15) is 0 Å². The molecule has 1 atom stereocenters. The molecule has 1 heterocycles. The minimum absolute atomic E-state index is 0.0531. The molecule has 0 aliphatic carbocycles. The average molecular weight is 251 g/mol. The zero-order valence-electron chi connectivity index (χ0n) is 11.0. The Morgan fingerprint density at radius 1 is 1.11 bits per heavy atom. The second-order valence-electron chi connectivity index (χ2n) is 4.68. The molecule has 0 aliphatic rings. The molecule has 0 spiro atoms. The van der Waals surface area contributed by atoms with Gasteiger partial charge in [-0.3, -0.25) is 4.57 Å². The topological polar surface area (TPSA) is 43.8 Å². The molecule has 3 aromatic rings. The monoisotopic (exact) mass is 251 g/mol. The lowest BCUT2D eigenvalue weighted by atomic mass is 10.0. The number of rotatable bonds is 3. The van der Waals surface area contributed by atoms with Gasteiger partial charge in [-0.25, -0.2) is 4.98 Å². The fourth-order valence-corrected chi connectivity index (χ4v) is 2.39. The number of nitrogens with two attached hydrogens (primary N) is 1. The summed E-state index contributed by atoms with van der Waals surface area (Å²) in [6.07, 6.45) is 2.79. The van der Waals surface area contributed by atoms with Crippen LogP contribution in [-0.4, -0.2) is 9.55 Å². The lowest BCUT2D eigenvalue weighted by Gasteiger charge is -2.15. The molecule has 0 aliphatic heterocycles. The van der Waals surface area contributed by atoms with Crippen LogP contribution in [-0.2, 0) is 0 Å². The van der Waals surface area contributed by atoms with Crippen LogP contribution >= 0.6 is 0 Å². The molecule has 3 nitrogen and oxygen atoms in total. The Kier molecular flexibility index (Phi) is 3.05. The van der Waals surface area contributed by atoms with Gasteiger partial charge in [0.1, 0.15) is 6.33 Å². The van der Waals surface area contributed by atoms with Crippen LogP contribution in [0.3, 0.4) is 0 Å². The van der Waals surface area contributed by atoms with Gasteiger partial charge in [-0.05, 0) is 30.2 Å². The Morgan fingerprint density at radius 3 is 2.68 bits per heavy atom. The van der Waals surface area contributed by atoms with Gasteiger partial charge in [-0.15, -0.1) is 0 Å². The van der Waals surface area contributed by atoms with Gasteiger partial charge in [0.25, 0.3) is 0 Å². The standard InChI is InChI=1S/C16H17N3/c1-2-13(17)12-7-3-5-9-15(12)19-11-18-14-8-4-6-10-16(14)19/h3-11,13H,2,17H2,1H3/t13-/m1/s1. The summed E-state index contributed by atoms with van der Waals surface area (Å²) in [6, 6.07) is 16.5. The largest absolute Gasteiger partial charge is 0.324 e. The Bertz CT molecular complexity index is 700. The first-order chi connectivity index (χ1) is 9.31. The van der Waals surface area contributed by atoms with Gasteiger partial charge in [0.15, 0.2) is 0 Å². The predicted octanol–water partition coefficient (Wildman–Crippen LogP) is 3.44. The van der Waals surface area contributed by atoms with E-state index < -0.39 is 0 Å². The third-order valence-electron chi connectivity index (χ3n) is 3.49. The lowest BCUT2D eigenvalue weighted by molar-refractivity contribution is 0.693. The molecule has 0 fully saturated rings. The summed E-state index contributed by atoms with van der Waals surface area (Å²) >= 11 is 0. The first-order valence-corrected chi connectivity index (χ1v) is 6.58. The maximum atomic E-state index is 6.21. The molecule has 0 amide bonds. The number of fused-ring (bicyclic) bond motifs is 1. The number of para-hydroxylation sites is 3. The van der Waals surface area contributed by atoms with Crippen molar-refractivity contribution in [3.63, 3.8) is 0 Å². The summed E-state index contributed by atoms with van der Waals surface area (Å²) in [5, 5.41) is 0. The maximum absolute atomic E-state index is 6.21. The van der Waals surface area contributed by atoms with E-state index in [4.69, 9.17) is 5.73 Å². The Hall–Kier alpha value is -2.13. The van der Waals surface area contributed by atoms with Crippen LogP contribution < -0.4 is 5.73 Å². The van der Waals surface area contributed by atoms with Gasteiger partial charge in [-0.1, -0.05) is 37.3 Å². The third-order valence-corrected chi connectivity index (χ3v) is 3.49. The van der Waals surface area contributed by atoms with E-state index in [1.54, 1.807) is 0 Å². The van der Waals surface area contributed by atoms with Crippen molar-refractivity contribution >= 4 is 11.0 Å². The number of nitrogens with zero attached hydrogens (tertiary/aromatic N) is 2. The van der Waals surface area contributed by atoms with Crippen LogP contribution in [0.1, 0.15) is 24.9 Å². The van der Waals surface area contributed by atoms with E-state index >= 15 is 0 Å². The molecule has 19 heavy (non-hydrogen) atoms. The Balaban J connectivity index is 2.22. The number of imidazole rings is 1. The molecular formula is C16H17N3. The summed E-state index contributed by atoms with van der Waals surface area (Å²) in [6.45, 7) is 2.10. The summed E-state index contributed by atoms with van der Waals surface area (Å²) in [7, 11) is 0. The summed E-state index contributed by atoms with van der Waals surface area (Å²) in [5.41, 5.74) is 10.6. The van der Waals surface area contributed by atoms with Crippen LogP contribution in [0.2, 0.25) is 0 Å². The highest BCUT2D eigenvalue weighted by atomic mass is 15.1. The van der Waals surface area contributed by atoms with Crippen LogP contribution in [0.25, 0.3) is 16.7 Å². The van der Waals surface area contributed by atoms with E-state index in [2.05, 4.69) is 34.7 Å². The van der Waals surface area contributed by atoms with Crippen molar-refractivity contribution in [2.75, 3.05) is 0 Å². The minimum Gasteiger partial charge on any atom is -0.324 e. The molecule has 1 aromatic heterocycles. The zero-order valence-corrected chi connectivity index (χ0v) is 11.0. The van der Waals surface area contributed by atoms with Crippen molar-refractivity contribution in [1.82, 2.24) is 9.55 Å². The van der Waals surface area contributed by atoms with Gasteiger partial charge < -0.3 is 5.73 Å². The molecule has 0 saturated carbocycles. The molecule has 3 heteroatoms. The van der Waals surface area contributed by atoms with Crippen LogP contribution in [0.4, 0.5) is 0 Å². The number of hydrogen-bond donors (Lipinski definition) is 1. The lowest BCUT2D eigenvalue weighted by Crippen LogP contribution is -2.12. The van der Waals surface area contributed by atoms with Crippen molar-refractivity contribution in [1.29, 1.82) is 0 Å². The number of benzene rings is 2. The molecule has 0 saturated heterocycles. The maximum Gasteiger partial charge on any atom is 0.100 e. The van der Waals surface area contributed by atoms with E-state index in [-0.39, 0.29) is 6.04 Å². The minimum atomic E-state index is 0.0531. The Labute approximate surface area is 112 Å². The molecule has 2 N–H and O–H groups in total. The number of aromatic nitrogens is 2. The zero-order chi connectivity index (χ0) is 13.2. The molecule has 0 unspecified atom stereocenters. The third kappa shape index (κ3) is 2.02. The summed E-state index contributed by atoms with van der Waals surface area (Å²) in [5.74, 6) is 0. The summed E-state index contributed by atoms with van der Waals surface area (Å²) in [4.78, 5) is 4.44. The molecule has 2 aromatic carbocycles. The predicted molar refractivity (Wildman–Crippen MR) is 78.3 cm³/mol. The second-order valence-corrected chi connectivity index (χ2v) is 4.68. The van der Waals surface area contributed by atoms with Gasteiger partial charge in [0.05, 0.1) is 16.7 Å². The van der Waals surface area contributed by atoms with Crippen molar-refractivity contribution < 1.29 is 0 Å². The summed E-state index contributed by atoms with van der Waals surface area (Å²) < 4.78 is 2.11. The Morgan fingerprint density at radius 2 is 1.84 bits per heavy atom. The van der Waals surface area contributed by atoms with Gasteiger partial charge in [0.2, 0.25) is 0 Å². The van der Waals surface area contributed by atoms with Crippen LogP contribution in [0, 0.1) is 0 Å². The first-order valence-electron chi connectivity index (χ1n) is 6.58. The fraction of sp³-hybridized carbons (Fsp3) is 0.188. The highest BCUT2D eigenvalue weighted by molar-refractivity contribution is 5.77. The van der Waals surface area contributed by atoms with E-state index in [0.717, 1.165) is 28.7 Å². The van der Waals surface area contributed by atoms with Gasteiger partial charge >= 0.3 is 0 Å². The quantitative estimate of drug-likeness (QED) is 0.775. The number of hydrogen-bond acceptors (Lipinski definition) is 2. The van der Waals surface area contributed by atoms with Crippen LogP contribution in [0.15, 0.2) is 54.9 Å². The fourth-order valence-electron chi connectivity index (χ4n) is 2.39. The van der Waals surface area contributed by atoms with E-state index in [0.29, 0.717) is 0 Å². The average Bonchev–Trinajstić information content (AvgIpc) is 2.90. The van der Waals surface area contributed by atoms with E-state index in [1.807, 2.05) is 36.7 Å². The first kappa shape index (κ1) is 11.9. The van der Waals surface area contributed by atoms with Crippen molar-refractivity contribution in [3.8, 4) is 5.69 Å². The van der Waals surface area contributed by atoms with Crippen molar-refractivity contribution in [3.05, 3.63) is 60.4 Å². The normalized spacial score (nSPS) is 12.7. The van der Waals surface area contributed by atoms with Crippen LogP contribution in [0.5, 0.6) is 0 Å².